The lowest BCUT2D eigenvalue weighted by molar-refractivity contribution is -0.384. The van der Waals surface area contributed by atoms with Crippen molar-refractivity contribution < 1.29 is 24.0 Å². The van der Waals surface area contributed by atoms with E-state index in [0.717, 1.165) is 11.3 Å². The first-order chi connectivity index (χ1) is 13.3. The van der Waals surface area contributed by atoms with Gasteiger partial charge in [-0.3, -0.25) is 19.7 Å². The van der Waals surface area contributed by atoms with E-state index in [4.69, 9.17) is 9.47 Å². The number of nitrogens with zero attached hydrogens (tertiary/aromatic N) is 1. The van der Waals surface area contributed by atoms with Gasteiger partial charge in [0.25, 0.3) is 11.6 Å². The largest absolute Gasteiger partial charge is 0.494 e. The Morgan fingerprint density at radius 3 is 2.64 bits per heavy atom. The van der Waals surface area contributed by atoms with Gasteiger partial charge in [0.05, 0.1) is 17.2 Å². The second-order valence-corrected chi connectivity index (χ2v) is 6.23. The molecular weight excluding hydrogens is 364 g/mol. The van der Waals surface area contributed by atoms with Crippen LogP contribution in [-0.4, -0.2) is 30.0 Å². The molecule has 0 aliphatic rings. The Morgan fingerprint density at radius 2 is 1.93 bits per heavy atom. The van der Waals surface area contributed by atoms with Gasteiger partial charge in [0.15, 0.2) is 6.61 Å². The van der Waals surface area contributed by atoms with E-state index in [2.05, 4.69) is 5.32 Å². The zero-order valence-electron chi connectivity index (χ0n) is 15.8. The molecular formula is C20H22N2O6. The summed E-state index contributed by atoms with van der Waals surface area (Å²) in [6.45, 7) is 3.57. The molecule has 8 heteroatoms. The van der Waals surface area contributed by atoms with Crippen molar-refractivity contribution in [3.05, 3.63) is 63.7 Å². The van der Waals surface area contributed by atoms with Crippen LogP contribution in [0.25, 0.3) is 0 Å². The minimum absolute atomic E-state index is 0.120. The van der Waals surface area contributed by atoms with E-state index < -0.39 is 23.4 Å². The van der Waals surface area contributed by atoms with Gasteiger partial charge in [-0.2, -0.15) is 0 Å². The van der Waals surface area contributed by atoms with Gasteiger partial charge < -0.3 is 14.8 Å². The lowest BCUT2D eigenvalue weighted by Crippen LogP contribution is -2.21. The number of non-ortho nitro benzene ring substituents is 1. The highest BCUT2D eigenvalue weighted by Crippen LogP contribution is 2.21. The smallest absolute Gasteiger partial charge is 0.306 e. The summed E-state index contributed by atoms with van der Waals surface area (Å²) in [6.07, 6.45) is 0.577. The summed E-state index contributed by atoms with van der Waals surface area (Å²) in [4.78, 5) is 33.9. The van der Waals surface area contributed by atoms with Crippen molar-refractivity contribution in [3.8, 4) is 5.75 Å². The standard InChI is InChI=1S/C20H22N2O6/c1-14-5-3-6-17(11-14)27-10-4-7-20(24)28-13-19(23)21-18-12-16(22(25)26)9-8-15(18)2/h3,5-6,8-9,11-12H,4,7,10,13H2,1-2H3,(H,21,23). The fourth-order valence-electron chi connectivity index (χ4n) is 2.37. The van der Waals surface area contributed by atoms with Crippen molar-refractivity contribution in [2.45, 2.75) is 26.7 Å². The van der Waals surface area contributed by atoms with Crippen LogP contribution in [0.3, 0.4) is 0 Å². The van der Waals surface area contributed by atoms with E-state index in [1.54, 1.807) is 6.92 Å². The molecule has 0 saturated heterocycles. The van der Waals surface area contributed by atoms with Gasteiger partial charge in [-0.25, -0.2) is 0 Å². The Morgan fingerprint density at radius 1 is 1.14 bits per heavy atom. The average Bonchev–Trinajstić information content (AvgIpc) is 2.65. The summed E-state index contributed by atoms with van der Waals surface area (Å²) in [6, 6.07) is 11.7. The maximum Gasteiger partial charge on any atom is 0.306 e. The number of esters is 1. The van der Waals surface area contributed by atoms with E-state index in [0.29, 0.717) is 24.3 Å². The number of nitro benzene ring substituents is 1. The number of carbonyl (C=O) groups excluding carboxylic acids is 2. The molecule has 0 bridgehead atoms. The molecule has 0 heterocycles. The number of benzene rings is 2. The number of nitrogens with one attached hydrogen (secondary N) is 1. The van der Waals surface area contributed by atoms with Gasteiger partial charge in [0.1, 0.15) is 5.75 Å². The van der Waals surface area contributed by atoms with Crippen molar-refractivity contribution in [1.29, 1.82) is 0 Å². The van der Waals surface area contributed by atoms with Crippen LogP contribution in [-0.2, 0) is 14.3 Å². The molecule has 0 aliphatic carbocycles. The second-order valence-electron chi connectivity index (χ2n) is 6.23. The monoisotopic (exact) mass is 386 g/mol. The van der Waals surface area contributed by atoms with Crippen LogP contribution in [0.15, 0.2) is 42.5 Å². The van der Waals surface area contributed by atoms with Crippen molar-refractivity contribution >= 4 is 23.3 Å². The quantitative estimate of drug-likeness (QED) is 0.306. The molecule has 28 heavy (non-hydrogen) atoms. The number of aryl methyl sites for hydroxylation is 2. The number of anilines is 1. The number of amides is 1. The van der Waals surface area contributed by atoms with Gasteiger partial charge in [0, 0.05) is 18.6 Å². The molecule has 2 aromatic carbocycles. The average molecular weight is 386 g/mol. The summed E-state index contributed by atoms with van der Waals surface area (Å²) >= 11 is 0. The Kier molecular flexibility index (Phi) is 7.50. The van der Waals surface area contributed by atoms with Gasteiger partial charge in [-0.15, -0.1) is 0 Å². The number of nitro groups is 1. The summed E-state index contributed by atoms with van der Waals surface area (Å²) in [5, 5.41) is 13.3. The number of ether oxygens (including phenoxy) is 2. The van der Waals surface area contributed by atoms with Crippen LogP contribution >= 0.6 is 0 Å². The van der Waals surface area contributed by atoms with Crippen LogP contribution in [0, 0.1) is 24.0 Å². The maximum absolute atomic E-state index is 11.9. The first kappa shape index (κ1) is 20.9. The highest BCUT2D eigenvalue weighted by molar-refractivity contribution is 5.93. The van der Waals surface area contributed by atoms with Gasteiger partial charge in [-0.1, -0.05) is 18.2 Å². The third kappa shape index (κ3) is 6.71. The Hall–Kier alpha value is -3.42. The van der Waals surface area contributed by atoms with Crippen LogP contribution in [0.1, 0.15) is 24.0 Å². The zero-order valence-corrected chi connectivity index (χ0v) is 15.8. The second kappa shape index (κ2) is 10.1. The van der Waals surface area contributed by atoms with Crippen molar-refractivity contribution in [2.24, 2.45) is 0 Å². The van der Waals surface area contributed by atoms with E-state index >= 15 is 0 Å². The summed E-state index contributed by atoms with van der Waals surface area (Å²) in [7, 11) is 0. The molecule has 0 atom stereocenters. The van der Waals surface area contributed by atoms with Crippen molar-refractivity contribution in [2.75, 3.05) is 18.5 Å². The molecule has 0 aliphatic heterocycles. The molecule has 148 valence electrons. The van der Waals surface area contributed by atoms with E-state index in [9.17, 15) is 19.7 Å². The van der Waals surface area contributed by atoms with Crippen LogP contribution in [0.5, 0.6) is 5.75 Å². The van der Waals surface area contributed by atoms with Gasteiger partial charge >= 0.3 is 5.97 Å². The van der Waals surface area contributed by atoms with E-state index in [-0.39, 0.29) is 12.1 Å². The molecule has 0 radical (unpaired) electrons. The highest BCUT2D eigenvalue weighted by atomic mass is 16.6. The topological polar surface area (TPSA) is 108 Å². The van der Waals surface area contributed by atoms with Crippen molar-refractivity contribution in [3.63, 3.8) is 0 Å². The third-order valence-electron chi connectivity index (χ3n) is 3.85. The molecule has 0 aromatic heterocycles. The molecule has 0 spiro atoms. The molecule has 0 saturated carbocycles. The third-order valence-corrected chi connectivity index (χ3v) is 3.85. The highest BCUT2D eigenvalue weighted by Gasteiger charge is 2.12. The molecule has 1 N–H and O–H groups in total. The molecule has 2 rings (SSSR count). The number of hydrogen-bond donors (Lipinski definition) is 1. The van der Waals surface area contributed by atoms with Crippen LogP contribution < -0.4 is 10.1 Å². The fraction of sp³-hybridized carbons (Fsp3) is 0.300. The number of hydrogen-bond acceptors (Lipinski definition) is 6. The normalized spacial score (nSPS) is 10.2. The Balaban J connectivity index is 1.70. The van der Waals surface area contributed by atoms with Crippen LogP contribution in [0.4, 0.5) is 11.4 Å². The fourth-order valence-corrected chi connectivity index (χ4v) is 2.37. The van der Waals surface area contributed by atoms with E-state index in [1.807, 2.05) is 31.2 Å². The number of rotatable bonds is 9. The minimum atomic E-state index is -0.562. The summed E-state index contributed by atoms with van der Waals surface area (Å²) in [5.41, 5.74) is 1.92. The minimum Gasteiger partial charge on any atom is -0.494 e. The molecule has 1 amide bonds. The summed E-state index contributed by atoms with van der Waals surface area (Å²) < 4.78 is 10.5. The first-order valence-electron chi connectivity index (χ1n) is 8.75. The lowest BCUT2D eigenvalue weighted by atomic mass is 10.2. The molecule has 0 fully saturated rings. The lowest BCUT2D eigenvalue weighted by Gasteiger charge is -2.09. The maximum atomic E-state index is 11.9. The zero-order chi connectivity index (χ0) is 20.5. The molecule has 2 aromatic rings. The summed E-state index contributed by atoms with van der Waals surface area (Å²) in [5.74, 6) is -0.341. The van der Waals surface area contributed by atoms with E-state index in [1.165, 1.54) is 18.2 Å². The molecule has 8 nitrogen and oxygen atoms in total. The van der Waals surface area contributed by atoms with Crippen LogP contribution in [0.2, 0.25) is 0 Å². The van der Waals surface area contributed by atoms with Crippen molar-refractivity contribution in [1.82, 2.24) is 0 Å². The predicted octanol–water partition coefficient (Wildman–Crippen LogP) is 3.55. The SMILES string of the molecule is Cc1cccc(OCCCC(=O)OCC(=O)Nc2cc([N+](=O)[O-])ccc2C)c1. The van der Waals surface area contributed by atoms with Gasteiger partial charge in [0.2, 0.25) is 0 Å². The Bertz CT molecular complexity index is 866. The van der Waals surface area contributed by atoms with Gasteiger partial charge in [-0.05, 0) is 43.5 Å². The predicted molar refractivity (Wildman–Crippen MR) is 103 cm³/mol. The molecule has 0 unspecified atom stereocenters. The Labute approximate surface area is 162 Å². The number of carbonyl (C=O) groups is 2. The first-order valence-corrected chi connectivity index (χ1v) is 8.75.